The van der Waals surface area contributed by atoms with Gasteiger partial charge in [-0.25, -0.2) is 0 Å². The first-order valence-corrected chi connectivity index (χ1v) is 13.8. The normalized spacial score (nSPS) is 17.2. The van der Waals surface area contributed by atoms with Crippen molar-refractivity contribution in [3.05, 3.63) is 46.7 Å². The number of hydrogen-bond donors (Lipinski definition) is 0. The Hall–Kier alpha value is -3.07. The number of ether oxygens (including phenoxy) is 1. The Morgan fingerprint density at radius 2 is 1.92 bits per heavy atom. The average molecular weight is 546 g/mol. The van der Waals surface area contributed by atoms with E-state index in [0.717, 1.165) is 25.7 Å². The maximum absolute atomic E-state index is 13.5. The molecule has 0 saturated heterocycles. The number of halogens is 1. The molecule has 0 spiro atoms. The number of aryl methyl sites for hydroxylation is 1. The number of unbranched alkanes of at least 4 members (excludes halogenated alkanes) is 1. The van der Waals surface area contributed by atoms with Crippen molar-refractivity contribution in [3.63, 3.8) is 0 Å². The highest BCUT2D eigenvalue weighted by Crippen LogP contribution is 2.23. The third-order valence-electron chi connectivity index (χ3n) is 6.90. The van der Waals surface area contributed by atoms with Gasteiger partial charge in [0.25, 0.3) is 11.8 Å². The standard InChI is InChI=1S/C28H40ClN5O4/c1-5-16-34-20-22(29)25(30-34)28(37)32(3)18-11-9-14-23-27(36)31(2)17-10-6-12-19-38-24-15-8-7-13-21(24)26(35)33(23)4/h7-8,13,15,20,23H,5-6,9-12,14,16-19H2,1-4H3/t23-/m0/s1. The number of fused-ring (bicyclic) bond motifs is 1. The number of carbonyl (C=O) groups is 3. The molecule has 208 valence electrons. The van der Waals surface area contributed by atoms with Crippen molar-refractivity contribution in [2.75, 3.05) is 40.8 Å². The fourth-order valence-corrected chi connectivity index (χ4v) is 4.84. The average Bonchev–Trinajstić information content (AvgIpc) is 3.28. The van der Waals surface area contributed by atoms with Gasteiger partial charge in [0.05, 0.1) is 17.2 Å². The van der Waals surface area contributed by atoms with Gasteiger partial charge in [-0.15, -0.1) is 0 Å². The highest BCUT2D eigenvalue weighted by Gasteiger charge is 2.31. The second kappa shape index (κ2) is 14.2. The minimum absolute atomic E-state index is 0.0730. The molecule has 38 heavy (non-hydrogen) atoms. The molecule has 0 saturated carbocycles. The molecule has 0 aliphatic carbocycles. The van der Waals surface area contributed by atoms with E-state index in [2.05, 4.69) is 5.10 Å². The number of benzene rings is 1. The summed E-state index contributed by atoms with van der Waals surface area (Å²) < 4.78 is 7.60. The van der Waals surface area contributed by atoms with Gasteiger partial charge in [-0.2, -0.15) is 5.10 Å². The molecule has 0 bridgehead atoms. The predicted octanol–water partition coefficient (Wildman–Crippen LogP) is 4.35. The Morgan fingerprint density at radius 3 is 2.68 bits per heavy atom. The van der Waals surface area contributed by atoms with Crippen LogP contribution in [0.4, 0.5) is 0 Å². The number of hydrogen-bond acceptors (Lipinski definition) is 5. The summed E-state index contributed by atoms with van der Waals surface area (Å²) in [5.41, 5.74) is 0.709. The largest absolute Gasteiger partial charge is 0.493 e. The summed E-state index contributed by atoms with van der Waals surface area (Å²) in [6.45, 7) is 4.38. The van der Waals surface area contributed by atoms with Crippen molar-refractivity contribution in [1.29, 1.82) is 0 Å². The molecule has 1 atom stereocenters. The number of likely N-dealkylation sites (N-methyl/N-ethyl adjacent to an activating group) is 2. The monoisotopic (exact) mass is 545 g/mol. The van der Waals surface area contributed by atoms with Crippen LogP contribution < -0.4 is 4.74 Å². The molecule has 0 unspecified atom stereocenters. The van der Waals surface area contributed by atoms with Crippen LogP contribution in [0.2, 0.25) is 5.02 Å². The molecule has 9 nitrogen and oxygen atoms in total. The quantitative estimate of drug-likeness (QED) is 0.460. The van der Waals surface area contributed by atoms with Gasteiger partial charge < -0.3 is 19.4 Å². The molecule has 3 amide bonds. The van der Waals surface area contributed by atoms with Crippen LogP contribution in [0, 0.1) is 0 Å². The summed E-state index contributed by atoms with van der Waals surface area (Å²) in [7, 11) is 5.20. The van der Waals surface area contributed by atoms with E-state index in [1.165, 1.54) is 4.90 Å². The van der Waals surface area contributed by atoms with Crippen LogP contribution in [0.3, 0.4) is 0 Å². The van der Waals surface area contributed by atoms with E-state index in [9.17, 15) is 14.4 Å². The van der Waals surface area contributed by atoms with Gasteiger partial charge in [-0.1, -0.05) is 30.7 Å². The number of para-hydroxylation sites is 1. The van der Waals surface area contributed by atoms with Crippen molar-refractivity contribution < 1.29 is 19.1 Å². The Labute approximate surface area is 230 Å². The molecule has 2 aromatic rings. The Bertz CT molecular complexity index is 1100. The van der Waals surface area contributed by atoms with Crippen molar-refractivity contribution in [2.24, 2.45) is 0 Å². The molecule has 10 heteroatoms. The fraction of sp³-hybridized carbons (Fsp3) is 0.571. The molecule has 1 aliphatic heterocycles. The van der Waals surface area contributed by atoms with Crippen LogP contribution in [-0.2, 0) is 11.3 Å². The molecule has 0 fully saturated rings. The topological polar surface area (TPSA) is 88.0 Å². The summed E-state index contributed by atoms with van der Waals surface area (Å²) >= 11 is 6.24. The highest BCUT2D eigenvalue weighted by molar-refractivity contribution is 6.33. The van der Waals surface area contributed by atoms with Crippen molar-refractivity contribution >= 4 is 29.3 Å². The molecule has 1 aromatic heterocycles. The first-order chi connectivity index (χ1) is 18.2. The Balaban J connectivity index is 1.67. The smallest absolute Gasteiger partial charge is 0.275 e. The third-order valence-corrected chi connectivity index (χ3v) is 7.18. The minimum Gasteiger partial charge on any atom is -0.493 e. The third kappa shape index (κ3) is 7.49. The van der Waals surface area contributed by atoms with E-state index in [1.807, 2.05) is 13.0 Å². The lowest BCUT2D eigenvalue weighted by atomic mass is 10.0. The van der Waals surface area contributed by atoms with Gasteiger partial charge in [-0.05, 0) is 57.1 Å². The van der Waals surface area contributed by atoms with Crippen molar-refractivity contribution in [2.45, 2.75) is 64.5 Å². The summed E-state index contributed by atoms with van der Waals surface area (Å²) in [4.78, 5) is 44.6. The van der Waals surface area contributed by atoms with Crippen molar-refractivity contribution in [3.8, 4) is 5.75 Å². The highest BCUT2D eigenvalue weighted by atomic mass is 35.5. The van der Waals surface area contributed by atoms with E-state index in [4.69, 9.17) is 16.3 Å². The van der Waals surface area contributed by atoms with E-state index >= 15 is 0 Å². The maximum atomic E-state index is 13.5. The molecule has 0 N–H and O–H groups in total. The number of nitrogens with zero attached hydrogens (tertiary/aromatic N) is 5. The first-order valence-electron chi connectivity index (χ1n) is 13.5. The maximum Gasteiger partial charge on any atom is 0.275 e. The zero-order chi connectivity index (χ0) is 27.7. The lowest BCUT2D eigenvalue weighted by Gasteiger charge is -2.31. The van der Waals surface area contributed by atoms with Crippen molar-refractivity contribution in [1.82, 2.24) is 24.5 Å². The van der Waals surface area contributed by atoms with Crippen LogP contribution in [0.15, 0.2) is 30.5 Å². The number of amides is 3. The molecular formula is C28H40ClN5O4. The second-order valence-corrected chi connectivity index (χ2v) is 10.3. The van der Waals surface area contributed by atoms with Gasteiger partial charge in [0.1, 0.15) is 11.8 Å². The van der Waals surface area contributed by atoms with E-state index in [1.54, 1.807) is 60.0 Å². The lowest BCUT2D eigenvalue weighted by molar-refractivity contribution is -0.134. The molecule has 3 rings (SSSR count). The lowest BCUT2D eigenvalue weighted by Crippen LogP contribution is -2.48. The van der Waals surface area contributed by atoms with E-state index in [-0.39, 0.29) is 23.4 Å². The molecule has 1 aromatic carbocycles. The van der Waals surface area contributed by atoms with E-state index in [0.29, 0.717) is 61.8 Å². The number of aromatic nitrogens is 2. The van der Waals surface area contributed by atoms with Gasteiger partial charge in [0, 0.05) is 47.0 Å². The van der Waals surface area contributed by atoms with E-state index < -0.39 is 6.04 Å². The van der Waals surface area contributed by atoms with Crippen LogP contribution in [0.25, 0.3) is 0 Å². The second-order valence-electron chi connectivity index (χ2n) is 9.91. The predicted molar refractivity (Wildman–Crippen MR) is 148 cm³/mol. The number of carbonyl (C=O) groups excluding carboxylic acids is 3. The zero-order valence-electron chi connectivity index (χ0n) is 23.0. The molecule has 1 aliphatic rings. The van der Waals surface area contributed by atoms with Crippen LogP contribution in [-0.4, -0.2) is 89.1 Å². The molecule has 0 radical (unpaired) electrons. The summed E-state index contributed by atoms with van der Waals surface area (Å²) in [5.74, 6) is 0.00216. The molecular weight excluding hydrogens is 506 g/mol. The Kier molecular flexibility index (Phi) is 11.0. The van der Waals surface area contributed by atoms with Crippen LogP contribution in [0.5, 0.6) is 5.75 Å². The summed E-state index contributed by atoms with van der Waals surface area (Å²) in [6, 6.07) is 6.58. The molecule has 2 heterocycles. The van der Waals surface area contributed by atoms with Crippen LogP contribution >= 0.6 is 11.6 Å². The summed E-state index contributed by atoms with van der Waals surface area (Å²) in [5, 5.41) is 4.67. The number of rotatable bonds is 8. The minimum atomic E-state index is -0.610. The fourth-order valence-electron chi connectivity index (χ4n) is 4.61. The van der Waals surface area contributed by atoms with Gasteiger partial charge in [-0.3, -0.25) is 19.1 Å². The summed E-state index contributed by atoms with van der Waals surface area (Å²) in [6.07, 6.45) is 7.07. The van der Waals surface area contributed by atoms with Gasteiger partial charge in [0.2, 0.25) is 5.91 Å². The van der Waals surface area contributed by atoms with Crippen LogP contribution in [0.1, 0.15) is 72.7 Å². The zero-order valence-corrected chi connectivity index (χ0v) is 23.7. The first kappa shape index (κ1) is 29.5. The Morgan fingerprint density at radius 1 is 1.16 bits per heavy atom. The SMILES string of the molecule is CCCn1cc(Cl)c(C(=O)N(C)CCCC[C@H]2C(=O)N(C)CCCCCOc3ccccc3C(=O)N2C)n1. The van der Waals surface area contributed by atoms with Gasteiger partial charge in [0.15, 0.2) is 5.69 Å². The van der Waals surface area contributed by atoms with Gasteiger partial charge >= 0.3 is 0 Å².